The number of hydrogen-bond donors (Lipinski definition) is 1. The van der Waals surface area contributed by atoms with Crippen LogP contribution in [0.15, 0.2) is 86.9 Å². The molecule has 232 valence electrons. The van der Waals surface area contributed by atoms with Crippen molar-refractivity contribution in [3.05, 3.63) is 128 Å². The highest BCUT2D eigenvalue weighted by Gasteiger charge is 2.29. The molecule has 5 heterocycles. The van der Waals surface area contributed by atoms with Gasteiger partial charge in [0.1, 0.15) is 17.7 Å². The number of fused-ring (bicyclic) bond motifs is 4. The lowest BCUT2D eigenvalue weighted by Gasteiger charge is -2.15. The number of nitrogens with one attached hydrogen (secondary N) is 1. The second kappa shape index (κ2) is 11.1. The Balaban J connectivity index is 1.31. The van der Waals surface area contributed by atoms with E-state index < -0.39 is 11.6 Å². The standard InChI is InChI=1S/C35H25F2N7O3/c36-25-8-3-20(4-9-25)5-10-27-30(33-40-41-35(46)47-33)29(31-32(39-27)43-13-1-14-44(43)34(31)45)23-7-11-28-22(17-23)12-15-42(28)19-21-2-6-24(18-38)26(37)16-21/h2-4,6-9,11-12,15-17H,1,5,10,13-14,19H2,(H,41,46). The molecule has 0 unspecified atom stereocenters. The van der Waals surface area contributed by atoms with Gasteiger partial charge in [-0.3, -0.25) is 9.48 Å². The lowest BCUT2D eigenvalue weighted by Crippen LogP contribution is -2.16. The SMILES string of the molecule is N#Cc1ccc(Cn2ccc3cc(-c4c(-c5n[nH]c(=O)o5)c(CCc5ccc(F)cc5)nc5c4c(=O)n4n5CCC4)ccc32)cc1F. The van der Waals surface area contributed by atoms with Crippen LogP contribution in [0.4, 0.5) is 8.78 Å². The van der Waals surface area contributed by atoms with Crippen molar-refractivity contribution in [1.82, 2.24) is 29.1 Å². The number of H-pyrrole nitrogens is 1. The molecule has 0 bridgehead atoms. The van der Waals surface area contributed by atoms with Gasteiger partial charge in [-0.2, -0.15) is 5.26 Å². The molecule has 1 aliphatic heterocycles. The normalized spacial score (nSPS) is 12.6. The summed E-state index contributed by atoms with van der Waals surface area (Å²) in [5.74, 6) is -1.61. The lowest BCUT2D eigenvalue weighted by atomic mass is 9.93. The summed E-state index contributed by atoms with van der Waals surface area (Å²) in [5.41, 5.74) is 5.11. The van der Waals surface area contributed by atoms with Gasteiger partial charge in [-0.05, 0) is 78.4 Å². The maximum absolute atomic E-state index is 14.3. The van der Waals surface area contributed by atoms with E-state index >= 15 is 0 Å². The molecule has 12 heteroatoms. The number of rotatable bonds is 7. The van der Waals surface area contributed by atoms with Crippen LogP contribution in [0.1, 0.15) is 28.8 Å². The Morgan fingerprint density at radius 1 is 0.915 bits per heavy atom. The summed E-state index contributed by atoms with van der Waals surface area (Å²) in [4.78, 5) is 31.2. The number of nitrogens with zero attached hydrogens (tertiary/aromatic N) is 6. The predicted octanol–water partition coefficient (Wildman–Crippen LogP) is 5.55. The Hall–Kier alpha value is -6.09. The molecule has 3 aromatic carbocycles. The zero-order valence-electron chi connectivity index (χ0n) is 24.8. The van der Waals surface area contributed by atoms with Crippen LogP contribution in [0.2, 0.25) is 0 Å². The smallest absolute Gasteiger partial charge is 0.388 e. The molecule has 47 heavy (non-hydrogen) atoms. The molecule has 0 radical (unpaired) electrons. The average Bonchev–Trinajstić information content (AvgIpc) is 3.87. The third kappa shape index (κ3) is 4.84. The minimum absolute atomic E-state index is 0.00688. The quantitative estimate of drug-likeness (QED) is 0.246. The maximum Gasteiger partial charge on any atom is 0.434 e. The summed E-state index contributed by atoms with van der Waals surface area (Å²) >= 11 is 0. The molecular weight excluding hydrogens is 604 g/mol. The molecule has 0 amide bonds. The van der Waals surface area contributed by atoms with Gasteiger partial charge >= 0.3 is 5.76 Å². The van der Waals surface area contributed by atoms with Crippen molar-refractivity contribution in [3.63, 3.8) is 0 Å². The van der Waals surface area contributed by atoms with Crippen molar-refractivity contribution in [1.29, 1.82) is 5.26 Å². The van der Waals surface area contributed by atoms with Crippen LogP contribution in [0.5, 0.6) is 0 Å². The van der Waals surface area contributed by atoms with Gasteiger partial charge < -0.3 is 8.98 Å². The van der Waals surface area contributed by atoms with Crippen molar-refractivity contribution in [2.75, 3.05) is 0 Å². The summed E-state index contributed by atoms with van der Waals surface area (Å²) in [6.45, 7) is 1.58. The monoisotopic (exact) mass is 629 g/mol. The summed E-state index contributed by atoms with van der Waals surface area (Å²) in [7, 11) is 0. The Kier molecular flexibility index (Phi) is 6.68. The van der Waals surface area contributed by atoms with Crippen LogP contribution in [0.25, 0.3) is 44.5 Å². The van der Waals surface area contributed by atoms with Gasteiger partial charge in [-0.25, -0.2) is 28.3 Å². The zero-order chi connectivity index (χ0) is 32.2. The number of benzene rings is 3. The Bertz CT molecular complexity index is 2510. The van der Waals surface area contributed by atoms with E-state index in [4.69, 9.17) is 14.7 Å². The molecule has 4 aromatic heterocycles. The Morgan fingerprint density at radius 3 is 2.49 bits per heavy atom. The fraction of sp³-hybridized carbons (Fsp3) is 0.171. The van der Waals surface area contributed by atoms with Gasteiger partial charge in [0.2, 0.25) is 0 Å². The topological polar surface area (TPSA) is 127 Å². The first kappa shape index (κ1) is 28.4. The highest BCUT2D eigenvalue weighted by molar-refractivity contribution is 6.02. The number of aryl methyl sites for hydroxylation is 3. The number of nitriles is 1. The molecule has 0 fully saturated rings. The number of hydrogen-bond acceptors (Lipinski definition) is 6. The number of pyridine rings is 1. The third-order valence-electron chi connectivity index (χ3n) is 8.76. The first-order valence-corrected chi connectivity index (χ1v) is 15.1. The maximum atomic E-state index is 14.3. The third-order valence-corrected chi connectivity index (χ3v) is 8.76. The van der Waals surface area contributed by atoms with E-state index in [0.717, 1.165) is 22.9 Å². The van der Waals surface area contributed by atoms with Gasteiger partial charge in [-0.15, -0.1) is 5.10 Å². The van der Waals surface area contributed by atoms with E-state index in [1.165, 1.54) is 24.3 Å². The van der Waals surface area contributed by atoms with Crippen molar-refractivity contribution in [3.8, 4) is 28.7 Å². The van der Waals surface area contributed by atoms with Gasteiger partial charge in [0.15, 0.2) is 5.65 Å². The first-order valence-electron chi connectivity index (χ1n) is 15.1. The van der Waals surface area contributed by atoms with E-state index in [-0.39, 0.29) is 22.8 Å². The molecule has 7 aromatic rings. The highest BCUT2D eigenvalue weighted by atomic mass is 19.1. The minimum atomic E-state index is -0.738. The van der Waals surface area contributed by atoms with E-state index in [2.05, 4.69) is 10.2 Å². The van der Waals surface area contributed by atoms with Crippen LogP contribution in [-0.4, -0.2) is 29.1 Å². The Labute approximate surface area is 264 Å². The van der Waals surface area contributed by atoms with Gasteiger partial charge in [0.05, 0.1) is 22.2 Å². The molecule has 1 aliphatic rings. The van der Waals surface area contributed by atoms with Crippen LogP contribution in [-0.2, 0) is 32.5 Å². The first-order chi connectivity index (χ1) is 22.9. The van der Waals surface area contributed by atoms with Crippen molar-refractivity contribution >= 4 is 21.9 Å². The summed E-state index contributed by atoms with van der Waals surface area (Å²) in [6.07, 6.45) is 3.63. The second-order valence-corrected chi connectivity index (χ2v) is 11.6. The van der Waals surface area contributed by atoms with Gasteiger partial charge in [0, 0.05) is 42.3 Å². The predicted molar refractivity (Wildman–Crippen MR) is 170 cm³/mol. The van der Waals surface area contributed by atoms with Crippen LogP contribution >= 0.6 is 0 Å². The lowest BCUT2D eigenvalue weighted by molar-refractivity contribution is 0.526. The van der Waals surface area contributed by atoms with Crippen molar-refractivity contribution < 1.29 is 13.2 Å². The average molecular weight is 630 g/mol. The fourth-order valence-corrected chi connectivity index (χ4v) is 6.57. The molecule has 0 saturated heterocycles. The van der Waals surface area contributed by atoms with E-state index in [0.29, 0.717) is 71.5 Å². The van der Waals surface area contributed by atoms with Crippen LogP contribution in [0, 0.1) is 23.0 Å². The summed E-state index contributed by atoms with van der Waals surface area (Å²) in [6, 6.07) is 20.4. The largest absolute Gasteiger partial charge is 0.434 e. The van der Waals surface area contributed by atoms with Crippen LogP contribution < -0.4 is 11.3 Å². The number of halogens is 2. The Morgan fingerprint density at radius 2 is 1.72 bits per heavy atom. The fourth-order valence-electron chi connectivity index (χ4n) is 6.57. The van der Waals surface area contributed by atoms with Crippen LogP contribution in [0.3, 0.4) is 0 Å². The molecule has 1 N–H and O–H groups in total. The summed E-state index contributed by atoms with van der Waals surface area (Å²) < 4.78 is 39.0. The molecule has 0 saturated carbocycles. The molecular formula is C35H25F2N7O3. The van der Waals surface area contributed by atoms with Crippen molar-refractivity contribution in [2.24, 2.45) is 0 Å². The van der Waals surface area contributed by atoms with Crippen molar-refractivity contribution in [2.45, 2.75) is 38.9 Å². The van der Waals surface area contributed by atoms with Gasteiger partial charge in [0.25, 0.3) is 11.4 Å². The van der Waals surface area contributed by atoms with Gasteiger partial charge in [-0.1, -0.05) is 24.3 Å². The highest BCUT2D eigenvalue weighted by Crippen LogP contribution is 2.40. The van der Waals surface area contributed by atoms with E-state index in [1.54, 1.807) is 22.9 Å². The summed E-state index contributed by atoms with van der Waals surface area (Å²) in [5, 5.41) is 16.9. The number of aromatic amines is 1. The molecule has 8 rings (SSSR count). The minimum Gasteiger partial charge on any atom is -0.388 e. The van der Waals surface area contributed by atoms with E-state index in [9.17, 15) is 18.4 Å². The molecule has 0 aliphatic carbocycles. The molecule has 0 atom stereocenters. The number of aromatic nitrogens is 6. The molecule has 10 nitrogen and oxygen atoms in total. The molecule has 0 spiro atoms. The van der Waals surface area contributed by atoms with E-state index in [1.807, 2.05) is 45.8 Å². The second-order valence-electron chi connectivity index (χ2n) is 11.6. The zero-order valence-corrected chi connectivity index (χ0v) is 24.8.